The van der Waals surface area contributed by atoms with Crippen molar-refractivity contribution in [2.45, 2.75) is 13.8 Å². The van der Waals surface area contributed by atoms with Gasteiger partial charge in [-0.15, -0.1) is 11.3 Å². The molecule has 0 unspecified atom stereocenters. The Labute approximate surface area is 182 Å². The maximum absolute atomic E-state index is 12.3. The third kappa shape index (κ3) is 5.05. The second kappa shape index (κ2) is 9.24. The van der Waals surface area contributed by atoms with Crippen molar-refractivity contribution in [3.05, 3.63) is 63.0 Å². The summed E-state index contributed by atoms with van der Waals surface area (Å²) in [7, 11) is 3.15. The number of nitrogens with zero attached hydrogens (tertiary/aromatic N) is 1. The van der Waals surface area contributed by atoms with Crippen LogP contribution in [0.15, 0.2) is 46.3 Å². The molecule has 0 aliphatic heterocycles. The SMILES string of the molecule is COc1cc(C=CC(=O)Nc2nc(-c3cc(C)ccc3C)cs2)cc(Br)c1OC. The highest BCUT2D eigenvalue weighted by atomic mass is 79.9. The number of halogens is 1. The van der Waals surface area contributed by atoms with Crippen molar-refractivity contribution in [1.82, 2.24) is 4.98 Å². The van der Waals surface area contributed by atoms with E-state index in [-0.39, 0.29) is 5.91 Å². The maximum atomic E-state index is 12.3. The lowest BCUT2D eigenvalue weighted by Gasteiger charge is -2.10. The van der Waals surface area contributed by atoms with Crippen molar-refractivity contribution in [3.8, 4) is 22.8 Å². The van der Waals surface area contributed by atoms with Crippen LogP contribution in [0.1, 0.15) is 16.7 Å². The summed E-state index contributed by atoms with van der Waals surface area (Å²) >= 11 is 4.85. The van der Waals surface area contributed by atoms with Crippen LogP contribution in [-0.4, -0.2) is 25.1 Å². The summed E-state index contributed by atoms with van der Waals surface area (Å²) in [6.07, 6.45) is 3.17. The van der Waals surface area contributed by atoms with Crippen LogP contribution in [0.4, 0.5) is 5.13 Å². The molecule has 5 nitrogen and oxygen atoms in total. The van der Waals surface area contributed by atoms with E-state index in [9.17, 15) is 4.79 Å². The Balaban J connectivity index is 1.73. The first-order valence-electron chi connectivity index (χ1n) is 8.85. The van der Waals surface area contributed by atoms with Crippen molar-refractivity contribution >= 4 is 44.4 Å². The van der Waals surface area contributed by atoms with E-state index in [0.29, 0.717) is 16.6 Å². The highest BCUT2D eigenvalue weighted by molar-refractivity contribution is 9.10. The fraction of sp³-hybridized carbons (Fsp3) is 0.182. The number of nitrogens with one attached hydrogen (secondary N) is 1. The summed E-state index contributed by atoms with van der Waals surface area (Å²) in [4.78, 5) is 16.9. The minimum Gasteiger partial charge on any atom is -0.493 e. The fourth-order valence-electron chi connectivity index (χ4n) is 2.82. The molecule has 0 radical (unpaired) electrons. The first-order chi connectivity index (χ1) is 13.9. The molecular weight excluding hydrogens is 452 g/mol. The average molecular weight is 473 g/mol. The minimum atomic E-state index is -0.252. The quantitative estimate of drug-likeness (QED) is 0.456. The van der Waals surface area contributed by atoms with Crippen molar-refractivity contribution in [2.75, 3.05) is 19.5 Å². The van der Waals surface area contributed by atoms with E-state index in [2.05, 4.69) is 58.3 Å². The number of thiazole rings is 1. The van der Waals surface area contributed by atoms with Gasteiger partial charge in [0, 0.05) is 17.0 Å². The predicted molar refractivity (Wildman–Crippen MR) is 122 cm³/mol. The van der Waals surface area contributed by atoms with Gasteiger partial charge in [0.05, 0.1) is 24.4 Å². The van der Waals surface area contributed by atoms with Crippen LogP contribution in [-0.2, 0) is 4.79 Å². The number of carbonyl (C=O) groups is 1. The number of hydrogen-bond acceptors (Lipinski definition) is 5. The van der Waals surface area contributed by atoms with Gasteiger partial charge < -0.3 is 9.47 Å². The van der Waals surface area contributed by atoms with Crippen molar-refractivity contribution in [1.29, 1.82) is 0 Å². The maximum Gasteiger partial charge on any atom is 0.250 e. The van der Waals surface area contributed by atoms with Gasteiger partial charge in [-0.05, 0) is 65.2 Å². The Hall–Kier alpha value is -2.64. The van der Waals surface area contributed by atoms with E-state index in [1.54, 1.807) is 26.4 Å². The summed E-state index contributed by atoms with van der Waals surface area (Å²) < 4.78 is 11.4. The van der Waals surface area contributed by atoms with Gasteiger partial charge in [0.25, 0.3) is 0 Å². The molecule has 0 spiro atoms. The highest BCUT2D eigenvalue weighted by Gasteiger charge is 2.11. The largest absolute Gasteiger partial charge is 0.493 e. The molecular formula is C22H21BrN2O3S. The molecule has 1 aromatic heterocycles. The van der Waals surface area contributed by atoms with Crippen LogP contribution < -0.4 is 14.8 Å². The van der Waals surface area contributed by atoms with Crippen LogP contribution in [0, 0.1) is 13.8 Å². The zero-order chi connectivity index (χ0) is 21.0. The molecule has 1 heterocycles. The standard InChI is InChI=1S/C22H21BrN2O3S/c1-13-5-6-14(2)16(9-13)18-12-29-22(24-18)25-20(26)8-7-15-10-17(23)21(28-4)19(11-15)27-3/h5-12H,1-4H3,(H,24,25,26). The molecule has 1 N–H and O–H groups in total. The lowest BCUT2D eigenvalue weighted by atomic mass is 10.0. The Kier molecular flexibility index (Phi) is 6.71. The van der Waals surface area contributed by atoms with E-state index >= 15 is 0 Å². The number of anilines is 1. The van der Waals surface area contributed by atoms with E-state index < -0.39 is 0 Å². The summed E-state index contributed by atoms with van der Waals surface area (Å²) in [5.74, 6) is 0.939. The van der Waals surface area contributed by atoms with Crippen LogP contribution in [0.2, 0.25) is 0 Å². The van der Waals surface area contributed by atoms with Gasteiger partial charge >= 0.3 is 0 Å². The van der Waals surface area contributed by atoms with Crippen molar-refractivity contribution in [2.24, 2.45) is 0 Å². The molecule has 0 fully saturated rings. The molecule has 0 aliphatic carbocycles. The summed E-state index contributed by atoms with van der Waals surface area (Å²) in [6.45, 7) is 4.10. The van der Waals surface area contributed by atoms with Gasteiger partial charge in [-0.1, -0.05) is 17.7 Å². The van der Waals surface area contributed by atoms with Gasteiger partial charge in [0.2, 0.25) is 5.91 Å². The molecule has 1 amide bonds. The van der Waals surface area contributed by atoms with E-state index in [4.69, 9.17) is 9.47 Å². The molecule has 2 aromatic carbocycles. The normalized spacial score (nSPS) is 10.9. The second-order valence-electron chi connectivity index (χ2n) is 6.42. The third-order valence-electron chi connectivity index (χ3n) is 4.29. The third-order valence-corrected chi connectivity index (χ3v) is 5.63. The number of methoxy groups -OCH3 is 2. The molecule has 0 bridgehead atoms. The van der Waals surface area contributed by atoms with Gasteiger partial charge in [-0.3, -0.25) is 10.1 Å². The Morgan fingerprint density at radius 2 is 1.97 bits per heavy atom. The average Bonchev–Trinajstić information content (AvgIpc) is 3.15. The van der Waals surface area contributed by atoms with Gasteiger partial charge in [0.1, 0.15) is 0 Å². The number of rotatable bonds is 6. The van der Waals surface area contributed by atoms with E-state index in [1.807, 2.05) is 11.4 Å². The topological polar surface area (TPSA) is 60.5 Å². The van der Waals surface area contributed by atoms with E-state index in [1.165, 1.54) is 23.0 Å². The Morgan fingerprint density at radius 3 is 2.69 bits per heavy atom. The lowest BCUT2D eigenvalue weighted by molar-refractivity contribution is -0.111. The Morgan fingerprint density at radius 1 is 1.17 bits per heavy atom. The molecule has 3 aromatic rings. The molecule has 29 heavy (non-hydrogen) atoms. The number of aryl methyl sites for hydroxylation is 2. The highest BCUT2D eigenvalue weighted by Crippen LogP contribution is 2.36. The van der Waals surface area contributed by atoms with Crippen LogP contribution in [0.25, 0.3) is 17.3 Å². The summed E-state index contributed by atoms with van der Waals surface area (Å²) in [5, 5.41) is 5.33. The first-order valence-corrected chi connectivity index (χ1v) is 10.5. The predicted octanol–water partition coefficient (Wildman–Crippen LogP) is 5.86. The molecule has 150 valence electrons. The van der Waals surface area contributed by atoms with Crippen molar-refractivity contribution < 1.29 is 14.3 Å². The van der Waals surface area contributed by atoms with Crippen LogP contribution in [0.3, 0.4) is 0 Å². The second-order valence-corrected chi connectivity index (χ2v) is 8.13. The van der Waals surface area contributed by atoms with Gasteiger partial charge in [0.15, 0.2) is 16.6 Å². The fourth-order valence-corrected chi connectivity index (χ4v) is 4.15. The number of amides is 1. The Bertz CT molecular complexity index is 1080. The molecule has 0 aliphatic rings. The first kappa shape index (κ1) is 21.1. The number of aromatic nitrogens is 1. The number of benzene rings is 2. The number of carbonyl (C=O) groups excluding carboxylic acids is 1. The monoisotopic (exact) mass is 472 g/mol. The van der Waals surface area contributed by atoms with Crippen LogP contribution in [0.5, 0.6) is 11.5 Å². The van der Waals surface area contributed by atoms with Crippen molar-refractivity contribution in [3.63, 3.8) is 0 Å². The zero-order valence-electron chi connectivity index (χ0n) is 16.6. The summed E-state index contributed by atoms with van der Waals surface area (Å²) in [6, 6.07) is 9.91. The lowest BCUT2D eigenvalue weighted by Crippen LogP contribution is -2.07. The molecule has 0 saturated carbocycles. The molecule has 0 atom stereocenters. The summed E-state index contributed by atoms with van der Waals surface area (Å²) in [5.41, 5.74) is 5.07. The minimum absolute atomic E-state index is 0.252. The van der Waals surface area contributed by atoms with Gasteiger partial charge in [-0.2, -0.15) is 0 Å². The molecule has 0 saturated heterocycles. The van der Waals surface area contributed by atoms with Gasteiger partial charge in [-0.25, -0.2) is 4.98 Å². The zero-order valence-corrected chi connectivity index (χ0v) is 19.0. The number of ether oxygens (including phenoxy) is 2. The smallest absolute Gasteiger partial charge is 0.250 e. The van der Waals surface area contributed by atoms with E-state index in [0.717, 1.165) is 26.9 Å². The molecule has 3 rings (SSSR count). The number of hydrogen-bond donors (Lipinski definition) is 1. The van der Waals surface area contributed by atoms with Crippen LogP contribution >= 0.6 is 27.3 Å². The molecule has 7 heteroatoms.